The van der Waals surface area contributed by atoms with E-state index in [0.29, 0.717) is 22.3 Å². The highest BCUT2D eigenvalue weighted by atomic mass is 32.1. The molecule has 4 rings (SSSR count). The quantitative estimate of drug-likeness (QED) is 0.513. The van der Waals surface area contributed by atoms with Crippen LogP contribution in [0.1, 0.15) is 0 Å². The van der Waals surface area contributed by atoms with Crippen LogP contribution in [0.3, 0.4) is 0 Å². The molecule has 0 atom stereocenters. The predicted molar refractivity (Wildman–Crippen MR) is 115 cm³/mol. The Morgan fingerprint density at radius 3 is 2.63 bits per heavy atom. The summed E-state index contributed by atoms with van der Waals surface area (Å²) >= 11 is 1.37. The molecule has 0 bridgehead atoms. The maximum atomic E-state index is 12.5. The first-order chi connectivity index (χ1) is 14.6. The second-order valence-corrected chi connectivity index (χ2v) is 7.35. The van der Waals surface area contributed by atoms with Crippen LogP contribution in [0.15, 0.2) is 59.4 Å². The van der Waals surface area contributed by atoms with Gasteiger partial charge in [-0.3, -0.25) is 9.59 Å². The van der Waals surface area contributed by atoms with Gasteiger partial charge in [-0.1, -0.05) is 23.5 Å². The number of para-hydroxylation sites is 1. The lowest BCUT2D eigenvalue weighted by molar-refractivity contribution is -0.117. The average Bonchev–Trinajstić information content (AvgIpc) is 3.16. The first kappa shape index (κ1) is 19.6. The van der Waals surface area contributed by atoms with E-state index in [9.17, 15) is 9.59 Å². The fourth-order valence-electron chi connectivity index (χ4n) is 2.93. The molecule has 2 heterocycles. The lowest BCUT2D eigenvalue weighted by Crippen LogP contribution is -2.29. The Morgan fingerprint density at radius 2 is 1.87 bits per heavy atom. The third-order valence-electron chi connectivity index (χ3n) is 4.38. The number of benzene rings is 2. The van der Waals surface area contributed by atoms with Crippen molar-refractivity contribution in [1.82, 2.24) is 14.8 Å². The Kier molecular flexibility index (Phi) is 5.44. The number of carbonyl (C=O) groups excluding carboxylic acids is 1. The van der Waals surface area contributed by atoms with Crippen LogP contribution in [-0.4, -0.2) is 34.9 Å². The summed E-state index contributed by atoms with van der Waals surface area (Å²) < 4.78 is 12.7. The number of nitrogens with one attached hydrogen (secondary N) is 1. The zero-order valence-electron chi connectivity index (χ0n) is 16.3. The lowest BCUT2D eigenvalue weighted by atomic mass is 10.1. The van der Waals surface area contributed by atoms with Crippen LogP contribution in [0.4, 0.5) is 5.13 Å². The normalized spacial score (nSPS) is 10.7. The van der Waals surface area contributed by atoms with Gasteiger partial charge in [-0.2, -0.15) is 5.10 Å². The molecule has 0 aliphatic carbocycles. The van der Waals surface area contributed by atoms with Gasteiger partial charge in [-0.15, -0.1) is 0 Å². The summed E-state index contributed by atoms with van der Waals surface area (Å²) in [4.78, 5) is 29.1. The lowest BCUT2D eigenvalue weighted by Gasteiger charge is -2.10. The van der Waals surface area contributed by atoms with Crippen LogP contribution in [0.25, 0.3) is 21.5 Å². The van der Waals surface area contributed by atoms with Crippen molar-refractivity contribution in [1.29, 1.82) is 0 Å². The van der Waals surface area contributed by atoms with Crippen molar-refractivity contribution in [3.05, 3.63) is 65.0 Å². The van der Waals surface area contributed by atoms with Gasteiger partial charge in [0, 0.05) is 11.6 Å². The van der Waals surface area contributed by atoms with Gasteiger partial charge < -0.3 is 14.8 Å². The predicted octanol–water partition coefficient (Wildman–Crippen LogP) is 3.18. The molecule has 0 spiro atoms. The van der Waals surface area contributed by atoms with E-state index in [4.69, 9.17) is 9.47 Å². The van der Waals surface area contributed by atoms with E-state index in [-0.39, 0.29) is 18.0 Å². The molecule has 0 fully saturated rings. The molecule has 8 nitrogen and oxygen atoms in total. The molecular formula is C21H18N4O4S. The number of anilines is 1. The monoisotopic (exact) mass is 422 g/mol. The van der Waals surface area contributed by atoms with Crippen molar-refractivity contribution in [2.45, 2.75) is 6.54 Å². The standard InChI is InChI=1S/C21H18N4O4S/c1-28-16-9-7-13(11-17(16)29-2)14-8-10-20(27)25(24-14)12-19(26)23-21-22-15-5-3-4-6-18(15)30-21/h3-11H,12H2,1-2H3,(H,22,23,26). The number of amides is 1. The van der Waals surface area contributed by atoms with Crippen molar-refractivity contribution >= 4 is 32.6 Å². The number of hydrogen-bond donors (Lipinski definition) is 1. The minimum Gasteiger partial charge on any atom is -0.493 e. The zero-order valence-corrected chi connectivity index (χ0v) is 17.1. The minimum atomic E-state index is -0.381. The minimum absolute atomic E-state index is 0.226. The smallest absolute Gasteiger partial charge is 0.267 e. The number of nitrogens with zero attached hydrogens (tertiary/aromatic N) is 3. The summed E-state index contributed by atoms with van der Waals surface area (Å²) in [5.74, 6) is 0.751. The maximum absolute atomic E-state index is 12.5. The number of methoxy groups -OCH3 is 2. The molecule has 1 amide bonds. The molecular weight excluding hydrogens is 404 g/mol. The Morgan fingerprint density at radius 1 is 1.07 bits per heavy atom. The number of aromatic nitrogens is 3. The van der Waals surface area contributed by atoms with Crippen molar-refractivity contribution in [2.24, 2.45) is 0 Å². The Labute approximate surface area is 175 Å². The van der Waals surface area contributed by atoms with Gasteiger partial charge in [0.2, 0.25) is 5.91 Å². The van der Waals surface area contributed by atoms with E-state index in [1.807, 2.05) is 24.3 Å². The van der Waals surface area contributed by atoms with Gasteiger partial charge in [0.1, 0.15) is 6.54 Å². The highest BCUT2D eigenvalue weighted by Gasteiger charge is 2.12. The molecule has 30 heavy (non-hydrogen) atoms. The van der Waals surface area contributed by atoms with Crippen LogP contribution >= 0.6 is 11.3 Å². The van der Waals surface area contributed by atoms with E-state index in [2.05, 4.69) is 15.4 Å². The fourth-order valence-corrected chi connectivity index (χ4v) is 3.81. The second-order valence-electron chi connectivity index (χ2n) is 6.32. The maximum Gasteiger partial charge on any atom is 0.267 e. The number of rotatable bonds is 6. The second kappa shape index (κ2) is 8.34. The molecule has 0 aliphatic heterocycles. The van der Waals surface area contributed by atoms with E-state index in [1.54, 1.807) is 38.5 Å². The largest absolute Gasteiger partial charge is 0.493 e. The van der Waals surface area contributed by atoms with Gasteiger partial charge in [0.05, 0.1) is 30.1 Å². The number of carbonyl (C=O) groups is 1. The fraction of sp³-hybridized carbons (Fsp3) is 0.143. The highest BCUT2D eigenvalue weighted by Crippen LogP contribution is 2.31. The van der Waals surface area contributed by atoms with Crippen LogP contribution in [0, 0.1) is 0 Å². The summed E-state index contributed by atoms with van der Waals surface area (Å²) in [5.41, 5.74) is 1.69. The molecule has 0 saturated heterocycles. The molecule has 4 aromatic rings. The number of thiazole rings is 1. The van der Waals surface area contributed by atoms with Gasteiger partial charge in [0.25, 0.3) is 5.56 Å². The van der Waals surface area contributed by atoms with Crippen LogP contribution < -0.4 is 20.3 Å². The van der Waals surface area contributed by atoms with Crippen LogP contribution in [-0.2, 0) is 11.3 Å². The third-order valence-corrected chi connectivity index (χ3v) is 5.33. The van der Waals surface area contributed by atoms with Crippen molar-refractivity contribution in [3.8, 4) is 22.8 Å². The zero-order chi connectivity index (χ0) is 21.1. The molecule has 2 aromatic heterocycles. The molecule has 0 saturated carbocycles. The Hall–Kier alpha value is -3.72. The first-order valence-electron chi connectivity index (χ1n) is 9.03. The van der Waals surface area contributed by atoms with Gasteiger partial charge in [-0.05, 0) is 36.4 Å². The van der Waals surface area contributed by atoms with Gasteiger partial charge >= 0.3 is 0 Å². The molecule has 2 aromatic carbocycles. The Balaban J connectivity index is 1.56. The van der Waals surface area contributed by atoms with E-state index in [0.717, 1.165) is 20.5 Å². The molecule has 0 aliphatic rings. The number of hydrogen-bond acceptors (Lipinski definition) is 7. The van der Waals surface area contributed by atoms with Crippen molar-refractivity contribution in [2.75, 3.05) is 19.5 Å². The molecule has 1 N–H and O–H groups in total. The summed E-state index contributed by atoms with van der Waals surface area (Å²) in [6, 6.07) is 15.9. The third kappa shape index (κ3) is 4.01. The molecule has 0 radical (unpaired) electrons. The molecule has 9 heteroatoms. The topological polar surface area (TPSA) is 95.3 Å². The SMILES string of the molecule is COc1ccc(-c2ccc(=O)n(CC(=O)Nc3nc4ccccc4s3)n2)cc1OC. The summed E-state index contributed by atoms with van der Waals surface area (Å²) in [5, 5.41) is 7.54. The van der Waals surface area contributed by atoms with Crippen molar-refractivity contribution in [3.63, 3.8) is 0 Å². The Bertz CT molecular complexity index is 1250. The first-order valence-corrected chi connectivity index (χ1v) is 9.85. The summed E-state index contributed by atoms with van der Waals surface area (Å²) in [6.45, 7) is -0.226. The molecule has 0 unspecified atom stereocenters. The highest BCUT2D eigenvalue weighted by molar-refractivity contribution is 7.22. The van der Waals surface area contributed by atoms with Crippen molar-refractivity contribution < 1.29 is 14.3 Å². The van der Waals surface area contributed by atoms with E-state index in [1.165, 1.54) is 17.4 Å². The average molecular weight is 422 g/mol. The van der Waals surface area contributed by atoms with Gasteiger partial charge in [0.15, 0.2) is 16.6 Å². The summed E-state index contributed by atoms with van der Waals surface area (Å²) in [6.07, 6.45) is 0. The van der Waals surface area contributed by atoms with Crippen LogP contribution in [0.5, 0.6) is 11.5 Å². The van der Waals surface area contributed by atoms with E-state index >= 15 is 0 Å². The van der Waals surface area contributed by atoms with Crippen LogP contribution in [0.2, 0.25) is 0 Å². The molecule has 152 valence electrons. The summed E-state index contributed by atoms with van der Waals surface area (Å²) in [7, 11) is 3.10. The van der Waals surface area contributed by atoms with E-state index < -0.39 is 0 Å². The number of fused-ring (bicyclic) bond motifs is 1. The van der Waals surface area contributed by atoms with Gasteiger partial charge in [-0.25, -0.2) is 9.67 Å². The number of ether oxygens (including phenoxy) is 2.